The van der Waals surface area contributed by atoms with Crippen molar-refractivity contribution in [1.29, 1.82) is 0 Å². The first-order chi connectivity index (χ1) is 9.70. The highest BCUT2D eigenvalue weighted by atomic mass is 16.5. The standard InChI is InChI=1S/C16H21N3O/c1-11-15(7-8-20-11)19(2)16-9-12(10-17)18-14-6-4-3-5-13(14)16/h3-6,9,11,15H,7-8,10,17H2,1-2H3. The molecule has 1 fully saturated rings. The van der Waals surface area contributed by atoms with Crippen molar-refractivity contribution in [3.63, 3.8) is 0 Å². The van der Waals surface area contributed by atoms with Crippen molar-refractivity contribution >= 4 is 16.6 Å². The van der Waals surface area contributed by atoms with E-state index in [0.29, 0.717) is 12.6 Å². The highest BCUT2D eigenvalue weighted by Gasteiger charge is 2.29. The third kappa shape index (κ3) is 2.25. The first-order valence-corrected chi connectivity index (χ1v) is 7.14. The molecular weight excluding hydrogens is 250 g/mol. The maximum Gasteiger partial charge on any atom is 0.0750 e. The van der Waals surface area contributed by atoms with Crippen LogP contribution in [-0.2, 0) is 11.3 Å². The average molecular weight is 271 g/mol. The number of hydrogen-bond donors (Lipinski definition) is 1. The first kappa shape index (κ1) is 13.3. The van der Waals surface area contributed by atoms with Crippen LogP contribution in [0.1, 0.15) is 19.0 Å². The molecule has 0 radical (unpaired) electrons. The average Bonchev–Trinajstić information content (AvgIpc) is 2.91. The SMILES string of the molecule is CC1OCCC1N(C)c1cc(CN)nc2ccccc12. The molecule has 0 spiro atoms. The minimum Gasteiger partial charge on any atom is -0.376 e. The number of pyridine rings is 1. The number of anilines is 1. The van der Waals surface area contributed by atoms with Crippen LogP contribution in [0.2, 0.25) is 0 Å². The Hall–Kier alpha value is -1.65. The lowest BCUT2D eigenvalue weighted by atomic mass is 10.1. The molecule has 2 N–H and O–H groups in total. The maximum absolute atomic E-state index is 5.78. The Labute approximate surface area is 119 Å². The molecule has 1 aromatic heterocycles. The minimum absolute atomic E-state index is 0.258. The smallest absolute Gasteiger partial charge is 0.0750 e. The normalized spacial score (nSPS) is 22.4. The highest BCUT2D eigenvalue weighted by molar-refractivity contribution is 5.92. The number of fused-ring (bicyclic) bond motifs is 1. The van der Waals surface area contributed by atoms with Gasteiger partial charge in [0.25, 0.3) is 0 Å². The van der Waals surface area contributed by atoms with Gasteiger partial charge in [-0.25, -0.2) is 0 Å². The van der Waals surface area contributed by atoms with Crippen LogP contribution in [0.25, 0.3) is 10.9 Å². The zero-order valence-electron chi connectivity index (χ0n) is 12.0. The summed E-state index contributed by atoms with van der Waals surface area (Å²) in [6.45, 7) is 3.44. The van der Waals surface area contributed by atoms with E-state index in [1.54, 1.807) is 0 Å². The maximum atomic E-state index is 5.78. The van der Waals surface area contributed by atoms with Crippen LogP contribution in [0.15, 0.2) is 30.3 Å². The van der Waals surface area contributed by atoms with E-state index in [4.69, 9.17) is 10.5 Å². The molecular formula is C16H21N3O. The summed E-state index contributed by atoms with van der Waals surface area (Å²) >= 11 is 0. The summed E-state index contributed by atoms with van der Waals surface area (Å²) in [6, 6.07) is 10.7. The zero-order chi connectivity index (χ0) is 14.1. The van der Waals surface area contributed by atoms with Crippen molar-refractivity contribution < 1.29 is 4.74 Å². The van der Waals surface area contributed by atoms with E-state index in [1.165, 1.54) is 11.1 Å². The fourth-order valence-corrected chi connectivity index (χ4v) is 3.01. The zero-order valence-corrected chi connectivity index (χ0v) is 12.0. The molecule has 0 amide bonds. The Morgan fingerprint density at radius 2 is 2.20 bits per heavy atom. The van der Waals surface area contributed by atoms with Gasteiger partial charge < -0.3 is 15.4 Å². The van der Waals surface area contributed by atoms with Gasteiger partial charge in [0, 0.05) is 31.3 Å². The Morgan fingerprint density at radius 1 is 1.40 bits per heavy atom. The van der Waals surface area contributed by atoms with Gasteiger partial charge in [-0.1, -0.05) is 18.2 Å². The molecule has 4 heteroatoms. The molecule has 2 unspecified atom stereocenters. The van der Waals surface area contributed by atoms with Gasteiger partial charge in [0.2, 0.25) is 0 Å². The summed E-state index contributed by atoms with van der Waals surface area (Å²) in [5.74, 6) is 0. The van der Waals surface area contributed by atoms with Crippen molar-refractivity contribution in [2.75, 3.05) is 18.6 Å². The highest BCUT2D eigenvalue weighted by Crippen LogP contribution is 2.30. The topological polar surface area (TPSA) is 51.4 Å². The van der Waals surface area contributed by atoms with Gasteiger partial charge >= 0.3 is 0 Å². The van der Waals surface area contributed by atoms with Crippen LogP contribution >= 0.6 is 0 Å². The van der Waals surface area contributed by atoms with Crippen LogP contribution in [0.4, 0.5) is 5.69 Å². The Balaban J connectivity index is 2.09. The second-order valence-corrected chi connectivity index (χ2v) is 5.40. The van der Waals surface area contributed by atoms with Crippen LogP contribution in [0.3, 0.4) is 0 Å². The predicted molar refractivity (Wildman–Crippen MR) is 81.9 cm³/mol. The van der Waals surface area contributed by atoms with Gasteiger partial charge in [0.15, 0.2) is 0 Å². The molecule has 0 saturated carbocycles. The molecule has 2 heterocycles. The van der Waals surface area contributed by atoms with E-state index in [-0.39, 0.29) is 6.10 Å². The predicted octanol–water partition coefficient (Wildman–Crippen LogP) is 2.31. The summed E-state index contributed by atoms with van der Waals surface area (Å²) < 4.78 is 5.69. The number of likely N-dealkylation sites (N-methyl/N-ethyl adjacent to an activating group) is 1. The van der Waals surface area contributed by atoms with Gasteiger partial charge in [-0.05, 0) is 25.5 Å². The van der Waals surface area contributed by atoms with Crippen molar-refractivity contribution in [3.8, 4) is 0 Å². The Kier molecular flexibility index (Phi) is 3.59. The number of aromatic nitrogens is 1. The number of para-hydroxylation sites is 1. The summed E-state index contributed by atoms with van der Waals surface area (Å²) in [4.78, 5) is 6.92. The molecule has 20 heavy (non-hydrogen) atoms. The van der Waals surface area contributed by atoms with E-state index < -0.39 is 0 Å². The quantitative estimate of drug-likeness (QED) is 0.930. The van der Waals surface area contributed by atoms with E-state index in [2.05, 4.69) is 42.1 Å². The monoisotopic (exact) mass is 271 g/mol. The molecule has 0 bridgehead atoms. The number of hydrogen-bond acceptors (Lipinski definition) is 4. The molecule has 1 saturated heterocycles. The molecule has 2 aromatic rings. The number of ether oxygens (including phenoxy) is 1. The fourth-order valence-electron chi connectivity index (χ4n) is 3.01. The minimum atomic E-state index is 0.258. The Bertz CT molecular complexity index is 614. The van der Waals surface area contributed by atoms with Gasteiger partial charge in [-0.2, -0.15) is 0 Å². The molecule has 1 aliphatic heterocycles. The third-order valence-electron chi connectivity index (χ3n) is 4.17. The molecule has 4 nitrogen and oxygen atoms in total. The number of nitrogens with zero attached hydrogens (tertiary/aromatic N) is 2. The van der Waals surface area contributed by atoms with E-state index >= 15 is 0 Å². The van der Waals surface area contributed by atoms with Crippen LogP contribution < -0.4 is 10.6 Å². The fraction of sp³-hybridized carbons (Fsp3) is 0.438. The summed E-state index contributed by atoms with van der Waals surface area (Å²) in [5.41, 5.74) is 8.91. The van der Waals surface area contributed by atoms with Gasteiger partial charge in [0.05, 0.1) is 23.4 Å². The Morgan fingerprint density at radius 3 is 2.90 bits per heavy atom. The van der Waals surface area contributed by atoms with Gasteiger partial charge in [-0.3, -0.25) is 4.98 Å². The second-order valence-electron chi connectivity index (χ2n) is 5.40. The second kappa shape index (κ2) is 5.38. The lowest BCUT2D eigenvalue weighted by Crippen LogP contribution is -2.37. The van der Waals surface area contributed by atoms with Crippen LogP contribution in [-0.4, -0.2) is 30.8 Å². The van der Waals surface area contributed by atoms with Crippen molar-refractivity contribution in [2.24, 2.45) is 5.73 Å². The van der Waals surface area contributed by atoms with Gasteiger partial charge in [-0.15, -0.1) is 0 Å². The molecule has 2 atom stereocenters. The molecule has 106 valence electrons. The lowest BCUT2D eigenvalue weighted by molar-refractivity contribution is 0.118. The summed E-state index contributed by atoms with van der Waals surface area (Å²) in [7, 11) is 2.14. The molecule has 1 aromatic carbocycles. The van der Waals surface area contributed by atoms with Crippen molar-refractivity contribution in [3.05, 3.63) is 36.0 Å². The molecule has 3 rings (SSSR count). The largest absolute Gasteiger partial charge is 0.376 e. The van der Waals surface area contributed by atoms with E-state index in [9.17, 15) is 0 Å². The van der Waals surface area contributed by atoms with Crippen LogP contribution in [0.5, 0.6) is 0 Å². The number of nitrogens with two attached hydrogens (primary N) is 1. The summed E-state index contributed by atoms with van der Waals surface area (Å²) in [5, 5.41) is 1.17. The number of benzene rings is 1. The molecule has 0 aliphatic carbocycles. The third-order valence-corrected chi connectivity index (χ3v) is 4.17. The lowest BCUT2D eigenvalue weighted by Gasteiger charge is -2.30. The van der Waals surface area contributed by atoms with Crippen LogP contribution in [0, 0.1) is 0 Å². The van der Waals surface area contributed by atoms with Crippen molar-refractivity contribution in [1.82, 2.24) is 4.98 Å². The van der Waals surface area contributed by atoms with Crippen molar-refractivity contribution in [2.45, 2.75) is 32.0 Å². The van der Waals surface area contributed by atoms with Gasteiger partial charge in [0.1, 0.15) is 0 Å². The summed E-state index contributed by atoms with van der Waals surface area (Å²) in [6.07, 6.45) is 1.32. The van der Waals surface area contributed by atoms with E-state index in [1.807, 2.05) is 12.1 Å². The first-order valence-electron chi connectivity index (χ1n) is 7.14. The number of rotatable bonds is 3. The van der Waals surface area contributed by atoms with E-state index in [0.717, 1.165) is 24.2 Å². The molecule has 1 aliphatic rings.